The molecule has 0 fully saturated rings. The first-order valence-electron chi connectivity index (χ1n) is 2.80. The van der Waals surface area contributed by atoms with Crippen LogP contribution >= 0.6 is 22.9 Å². The molecule has 6 heteroatoms. The van der Waals surface area contributed by atoms with Crippen LogP contribution in [0.4, 0.5) is 5.82 Å². The third kappa shape index (κ3) is 1.02. The van der Waals surface area contributed by atoms with Crippen molar-refractivity contribution >= 4 is 39.1 Å². The second-order valence-corrected chi connectivity index (χ2v) is 3.46. The Morgan fingerprint density at radius 1 is 1.45 bits per heavy atom. The molecule has 2 rings (SSSR count). The van der Waals surface area contributed by atoms with Crippen LogP contribution in [0.5, 0.6) is 0 Å². The van der Waals surface area contributed by atoms with Crippen molar-refractivity contribution in [2.75, 3.05) is 5.73 Å². The van der Waals surface area contributed by atoms with Gasteiger partial charge in [-0.1, -0.05) is 22.9 Å². The van der Waals surface area contributed by atoms with Gasteiger partial charge >= 0.3 is 0 Å². The van der Waals surface area contributed by atoms with Gasteiger partial charge in [-0.25, -0.2) is 15.0 Å². The van der Waals surface area contributed by atoms with E-state index in [9.17, 15) is 0 Å². The number of halogens is 1. The molecule has 0 radical (unpaired) electrons. The predicted molar refractivity (Wildman–Crippen MR) is 44.6 cm³/mol. The van der Waals surface area contributed by atoms with Crippen molar-refractivity contribution in [1.29, 1.82) is 0 Å². The normalized spacial score (nSPS) is 10.6. The van der Waals surface area contributed by atoms with Gasteiger partial charge in [0.2, 0.25) is 0 Å². The number of hydrogen-bond donors (Lipinski definition) is 1. The molecule has 0 amide bonds. The van der Waals surface area contributed by atoms with Crippen molar-refractivity contribution in [3.05, 3.63) is 10.8 Å². The first-order valence-corrected chi connectivity index (χ1v) is 3.99. The van der Waals surface area contributed by atoms with Crippen LogP contribution in [0, 0.1) is 0 Å². The summed E-state index contributed by atoms with van der Waals surface area (Å²) < 4.78 is 1.18. The van der Waals surface area contributed by atoms with Crippen molar-refractivity contribution < 1.29 is 0 Å². The zero-order valence-electron chi connectivity index (χ0n) is 5.28. The molecule has 11 heavy (non-hydrogen) atoms. The number of rotatable bonds is 0. The van der Waals surface area contributed by atoms with E-state index in [1.807, 2.05) is 0 Å². The van der Waals surface area contributed by atoms with E-state index in [0.717, 1.165) is 4.70 Å². The summed E-state index contributed by atoms with van der Waals surface area (Å²) in [5.74, 6) is 0.430. The molecule has 0 bridgehead atoms. The van der Waals surface area contributed by atoms with Gasteiger partial charge in [0.25, 0.3) is 0 Å². The molecular formula is C5H3ClN4S. The molecule has 0 saturated heterocycles. The Labute approximate surface area is 71.1 Å². The van der Waals surface area contributed by atoms with E-state index in [2.05, 4.69) is 15.0 Å². The Bertz CT molecular complexity index is 398. The summed E-state index contributed by atoms with van der Waals surface area (Å²) in [6.45, 7) is 0. The smallest absolute Gasteiger partial charge is 0.186 e. The molecule has 0 aliphatic heterocycles. The van der Waals surface area contributed by atoms with Gasteiger partial charge in [-0.15, -0.1) is 0 Å². The number of nitrogen functional groups attached to an aromatic ring is 1. The molecule has 0 unspecified atom stereocenters. The Kier molecular flexibility index (Phi) is 1.40. The van der Waals surface area contributed by atoms with Crippen LogP contribution in [0.3, 0.4) is 0 Å². The molecule has 0 saturated carbocycles. The first kappa shape index (κ1) is 6.75. The second kappa shape index (κ2) is 2.28. The molecule has 2 N–H and O–H groups in total. The van der Waals surface area contributed by atoms with Gasteiger partial charge in [-0.05, 0) is 0 Å². The van der Waals surface area contributed by atoms with Gasteiger partial charge in [-0.3, -0.25) is 0 Å². The molecule has 2 aromatic rings. The van der Waals surface area contributed by atoms with Crippen LogP contribution in [0.25, 0.3) is 10.3 Å². The summed E-state index contributed by atoms with van der Waals surface area (Å²) in [5.41, 5.74) is 6.09. The Balaban J connectivity index is 2.90. The lowest BCUT2D eigenvalue weighted by atomic mass is 10.6. The minimum Gasteiger partial charge on any atom is -0.382 e. The second-order valence-electron chi connectivity index (χ2n) is 1.88. The van der Waals surface area contributed by atoms with E-state index in [4.69, 9.17) is 17.3 Å². The highest BCUT2D eigenvalue weighted by atomic mass is 35.5. The number of fused-ring (bicyclic) bond motifs is 1. The third-order valence-corrected chi connectivity index (χ3v) is 2.36. The fraction of sp³-hybridized carbons (Fsp3) is 0. The van der Waals surface area contributed by atoms with Gasteiger partial charge in [0, 0.05) is 0 Å². The van der Waals surface area contributed by atoms with E-state index >= 15 is 0 Å². The Morgan fingerprint density at radius 2 is 2.27 bits per heavy atom. The van der Waals surface area contributed by atoms with Gasteiger partial charge in [0.1, 0.15) is 16.8 Å². The summed E-state index contributed by atoms with van der Waals surface area (Å²) in [4.78, 5) is 11.6. The fourth-order valence-electron chi connectivity index (χ4n) is 0.745. The number of nitrogens with zero attached hydrogens (tertiary/aromatic N) is 3. The van der Waals surface area contributed by atoms with Crippen molar-refractivity contribution in [2.45, 2.75) is 0 Å². The Hall–Kier alpha value is -0.940. The van der Waals surface area contributed by atoms with Crippen LogP contribution in [-0.2, 0) is 0 Å². The van der Waals surface area contributed by atoms with Gasteiger partial charge < -0.3 is 5.73 Å². The standard InChI is InChI=1S/C5H3ClN4S/c6-5-10-4-2(11-5)3(7)8-1-9-4/h1H,(H2,7,8,9). The predicted octanol–water partition coefficient (Wildman–Crippen LogP) is 1.32. The van der Waals surface area contributed by atoms with Crippen molar-refractivity contribution in [1.82, 2.24) is 15.0 Å². The summed E-state index contributed by atoms with van der Waals surface area (Å²) in [7, 11) is 0. The number of hydrogen-bond acceptors (Lipinski definition) is 5. The summed E-state index contributed by atoms with van der Waals surface area (Å²) in [6, 6.07) is 0. The van der Waals surface area contributed by atoms with Crippen LogP contribution < -0.4 is 5.73 Å². The first-order chi connectivity index (χ1) is 5.27. The molecule has 0 aliphatic rings. The maximum Gasteiger partial charge on any atom is 0.186 e. The lowest BCUT2D eigenvalue weighted by molar-refractivity contribution is 1.21. The SMILES string of the molecule is Nc1ncnc2nc(Cl)sc12. The van der Waals surface area contributed by atoms with Gasteiger partial charge in [0.05, 0.1) is 0 Å². The largest absolute Gasteiger partial charge is 0.382 e. The van der Waals surface area contributed by atoms with E-state index < -0.39 is 0 Å². The highest BCUT2D eigenvalue weighted by Crippen LogP contribution is 2.26. The topological polar surface area (TPSA) is 64.7 Å². The Morgan fingerprint density at radius 3 is 3.00 bits per heavy atom. The molecule has 2 heterocycles. The minimum atomic E-state index is 0.430. The lowest BCUT2D eigenvalue weighted by Gasteiger charge is -1.88. The average Bonchev–Trinajstić information content (AvgIpc) is 2.31. The van der Waals surface area contributed by atoms with E-state index in [-0.39, 0.29) is 0 Å². The quantitative estimate of drug-likeness (QED) is 0.674. The highest BCUT2D eigenvalue weighted by Gasteiger charge is 2.05. The van der Waals surface area contributed by atoms with Crippen LogP contribution in [0.15, 0.2) is 6.33 Å². The third-order valence-electron chi connectivity index (χ3n) is 1.19. The summed E-state index contributed by atoms with van der Waals surface area (Å²) in [5, 5.41) is 0. The van der Waals surface area contributed by atoms with E-state index in [1.165, 1.54) is 17.7 Å². The average molecular weight is 187 g/mol. The van der Waals surface area contributed by atoms with Crippen LogP contribution in [0.1, 0.15) is 0 Å². The molecule has 0 aromatic carbocycles. The zero-order valence-corrected chi connectivity index (χ0v) is 6.85. The molecule has 4 nitrogen and oxygen atoms in total. The number of aromatic nitrogens is 3. The summed E-state index contributed by atoms with van der Waals surface area (Å²) >= 11 is 6.92. The minimum absolute atomic E-state index is 0.430. The van der Waals surface area contributed by atoms with Gasteiger partial charge in [0.15, 0.2) is 10.1 Å². The fourth-order valence-corrected chi connectivity index (χ4v) is 1.70. The molecule has 0 spiro atoms. The van der Waals surface area contributed by atoms with Crippen molar-refractivity contribution in [3.63, 3.8) is 0 Å². The molecule has 2 aromatic heterocycles. The van der Waals surface area contributed by atoms with Crippen molar-refractivity contribution in [2.24, 2.45) is 0 Å². The van der Waals surface area contributed by atoms with Crippen LogP contribution in [0.2, 0.25) is 4.47 Å². The van der Waals surface area contributed by atoms with Gasteiger partial charge in [-0.2, -0.15) is 0 Å². The molecular weight excluding hydrogens is 184 g/mol. The lowest BCUT2D eigenvalue weighted by Crippen LogP contribution is -1.90. The molecule has 0 atom stereocenters. The number of nitrogens with two attached hydrogens (primary N) is 1. The van der Waals surface area contributed by atoms with Crippen molar-refractivity contribution in [3.8, 4) is 0 Å². The monoisotopic (exact) mass is 186 g/mol. The highest BCUT2D eigenvalue weighted by molar-refractivity contribution is 7.22. The maximum atomic E-state index is 5.64. The molecule has 0 aliphatic carbocycles. The van der Waals surface area contributed by atoms with E-state index in [0.29, 0.717) is 15.9 Å². The maximum absolute atomic E-state index is 5.64. The van der Waals surface area contributed by atoms with Crippen LogP contribution in [-0.4, -0.2) is 15.0 Å². The number of thiazole rings is 1. The van der Waals surface area contributed by atoms with E-state index in [1.54, 1.807) is 0 Å². The zero-order chi connectivity index (χ0) is 7.84. The molecule has 56 valence electrons. The number of anilines is 1. The summed E-state index contributed by atoms with van der Waals surface area (Å²) in [6.07, 6.45) is 1.37.